The molecule has 0 spiro atoms. The van der Waals surface area contributed by atoms with Gasteiger partial charge in [0.2, 0.25) is 0 Å². The monoisotopic (exact) mass is 216 g/mol. The SMILES string of the molecule is C=C(C(=O)OC)c1c(C#N)cccc1CN. The molecule has 4 heteroatoms. The molecule has 0 saturated carbocycles. The Hall–Kier alpha value is -2.12. The Morgan fingerprint density at radius 2 is 2.31 bits per heavy atom. The summed E-state index contributed by atoms with van der Waals surface area (Å²) in [4.78, 5) is 11.4. The van der Waals surface area contributed by atoms with Crippen molar-refractivity contribution in [2.45, 2.75) is 6.54 Å². The van der Waals surface area contributed by atoms with Crippen LogP contribution in [0.2, 0.25) is 0 Å². The number of rotatable bonds is 3. The van der Waals surface area contributed by atoms with Crippen LogP contribution in [0.1, 0.15) is 16.7 Å². The number of nitrogens with two attached hydrogens (primary N) is 1. The van der Waals surface area contributed by atoms with Gasteiger partial charge in [-0.3, -0.25) is 0 Å². The van der Waals surface area contributed by atoms with Crippen molar-refractivity contribution in [1.82, 2.24) is 0 Å². The van der Waals surface area contributed by atoms with Crippen molar-refractivity contribution in [3.8, 4) is 6.07 Å². The highest BCUT2D eigenvalue weighted by atomic mass is 16.5. The standard InChI is InChI=1S/C12H12N2O2/c1-8(12(15)16-2)11-9(6-13)4-3-5-10(11)7-14/h3-5H,1,6,13H2,2H3. The molecule has 0 atom stereocenters. The summed E-state index contributed by atoms with van der Waals surface area (Å²) in [7, 11) is 1.27. The fourth-order valence-electron chi connectivity index (χ4n) is 1.45. The zero-order valence-corrected chi connectivity index (χ0v) is 8.99. The van der Waals surface area contributed by atoms with E-state index in [1.54, 1.807) is 18.2 Å². The lowest BCUT2D eigenvalue weighted by Crippen LogP contribution is -2.09. The second-order valence-corrected chi connectivity index (χ2v) is 3.13. The van der Waals surface area contributed by atoms with E-state index in [4.69, 9.17) is 11.0 Å². The summed E-state index contributed by atoms with van der Waals surface area (Å²) in [6.07, 6.45) is 0. The minimum Gasteiger partial charge on any atom is -0.465 e. The highest BCUT2D eigenvalue weighted by molar-refractivity contribution is 6.16. The van der Waals surface area contributed by atoms with E-state index in [1.165, 1.54) is 7.11 Å². The highest BCUT2D eigenvalue weighted by Crippen LogP contribution is 2.22. The number of esters is 1. The highest BCUT2D eigenvalue weighted by Gasteiger charge is 2.16. The van der Waals surface area contributed by atoms with Gasteiger partial charge in [-0.15, -0.1) is 0 Å². The molecule has 16 heavy (non-hydrogen) atoms. The van der Waals surface area contributed by atoms with Crippen molar-refractivity contribution in [3.05, 3.63) is 41.5 Å². The van der Waals surface area contributed by atoms with Crippen molar-refractivity contribution in [3.63, 3.8) is 0 Å². The molecule has 0 heterocycles. The van der Waals surface area contributed by atoms with Gasteiger partial charge in [0.15, 0.2) is 0 Å². The smallest absolute Gasteiger partial charge is 0.337 e. The average molecular weight is 216 g/mol. The molecule has 0 aromatic heterocycles. The normalized spacial score (nSPS) is 9.31. The maximum atomic E-state index is 11.4. The number of ether oxygens (including phenoxy) is 1. The topological polar surface area (TPSA) is 76.1 Å². The number of hydrogen-bond acceptors (Lipinski definition) is 4. The van der Waals surface area contributed by atoms with Crippen molar-refractivity contribution in [2.24, 2.45) is 5.73 Å². The van der Waals surface area contributed by atoms with E-state index in [2.05, 4.69) is 11.3 Å². The van der Waals surface area contributed by atoms with Crippen molar-refractivity contribution >= 4 is 11.5 Å². The Bertz CT molecular complexity index is 472. The predicted molar refractivity (Wildman–Crippen MR) is 60.1 cm³/mol. The van der Waals surface area contributed by atoms with Crippen LogP contribution in [0, 0.1) is 11.3 Å². The second kappa shape index (κ2) is 5.10. The first-order valence-corrected chi connectivity index (χ1v) is 4.65. The van der Waals surface area contributed by atoms with Crippen LogP contribution in [-0.2, 0) is 16.1 Å². The van der Waals surface area contributed by atoms with Crippen LogP contribution in [0.3, 0.4) is 0 Å². The van der Waals surface area contributed by atoms with E-state index in [0.717, 1.165) is 0 Å². The molecule has 1 aromatic rings. The number of carbonyl (C=O) groups excluding carboxylic acids is 1. The Kier molecular flexibility index (Phi) is 3.81. The zero-order chi connectivity index (χ0) is 12.1. The fraction of sp³-hybridized carbons (Fsp3) is 0.167. The first-order valence-electron chi connectivity index (χ1n) is 4.65. The summed E-state index contributed by atoms with van der Waals surface area (Å²) < 4.78 is 4.58. The van der Waals surface area contributed by atoms with Gasteiger partial charge >= 0.3 is 5.97 Å². The molecular weight excluding hydrogens is 204 g/mol. The van der Waals surface area contributed by atoms with E-state index in [9.17, 15) is 4.79 Å². The van der Waals surface area contributed by atoms with Gasteiger partial charge in [-0.2, -0.15) is 5.26 Å². The van der Waals surface area contributed by atoms with Gasteiger partial charge in [-0.25, -0.2) is 4.79 Å². The van der Waals surface area contributed by atoms with Crippen LogP contribution in [0.25, 0.3) is 5.57 Å². The summed E-state index contributed by atoms with van der Waals surface area (Å²) in [5.41, 5.74) is 7.25. The molecule has 1 rings (SSSR count). The maximum Gasteiger partial charge on any atom is 0.337 e. The predicted octanol–water partition coefficient (Wildman–Crippen LogP) is 1.20. The molecule has 0 amide bonds. The molecule has 2 N–H and O–H groups in total. The zero-order valence-electron chi connectivity index (χ0n) is 8.99. The van der Waals surface area contributed by atoms with Crippen LogP contribution in [0.5, 0.6) is 0 Å². The van der Waals surface area contributed by atoms with Gasteiger partial charge in [0.1, 0.15) is 0 Å². The number of nitrogens with zero attached hydrogens (tertiary/aromatic N) is 1. The number of benzene rings is 1. The molecule has 82 valence electrons. The Balaban J connectivity index is 3.35. The van der Waals surface area contributed by atoms with E-state index < -0.39 is 5.97 Å². The summed E-state index contributed by atoms with van der Waals surface area (Å²) in [5, 5.41) is 8.96. The summed E-state index contributed by atoms with van der Waals surface area (Å²) in [6.45, 7) is 3.87. The minimum atomic E-state index is -0.558. The molecule has 0 aliphatic carbocycles. The van der Waals surface area contributed by atoms with Gasteiger partial charge in [0.25, 0.3) is 0 Å². The largest absolute Gasteiger partial charge is 0.465 e. The molecule has 0 unspecified atom stereocenters. The first-order chi connectivity index (χ1) is 7.65. The third kappa shape index (κ3) is 2.10. The first kappa shape index (κ1) is 12.0. The lowest BCUT2D eigenvalue weighted by molar-refractivity contribution is -0.133. The van der Waals surface area contributed by atoms with Crippen molar-refractivity contribution in [2.75, 3.05) is 7.11 Å². The maximum absolute atomic E-state index is 11.4. The van der Waals surface area contributed by atoms with E-state index in [-0.39, 0.29) is 12.1 Å². The lowest BCUT2D eigenvalue weighted by atomic mass is 9.95. The number of methoxy groups -OCH3 is 1. The molecule has 0 aliphatic heterocycles. The van der Waals surface area contributed by atoms with Gasteiger partial charge in [-0.05, 0) is 11.6 Å². The van der Waals surface area contributed by atoms with Crippen LogP contribution in [0.4, 0.5) is 0 Å². The van der Waals surface area contributed by atoms with Crippen molar-refractivity contribution < 1.29 is 9.53 Å². The van der Waals surface area contributed by atoms with Crippen LogP contribution < -0.4 is 5.73 Å². The molecule has 0 radical (unpaired) electrons. The van der Waals surface area contributed by atoms with Gasteiger partial charge in [-0.1, -0.05) is 18.7 Å². The Labute approximate surface area is 93.9 Å². The molecule has 0 fully saturated rings. The van der Waals surface area contributed by atoms with E-state index >= 15 is 0 Å². The number of nitriles is 1. The average Bonchev–Trinajstić information content (AvgIpc) is 2.35. The molecule has 4 nitrogen and oxygen atoms in total. The lowest BCUT2D eigenvalue weighted by Gasteiger charge is -2.10. The quantitative estimate of drug-likeness (QED) is 0.608. The van der Waals surface area contributed by atoms with Gasteiger partial charge < -0.3 is 10.5 Å². The van der Waals surface area contributed by atoms with E-state index in [1.807, 2.05) is 6.07 Å². The third-order valence-corrected chi connectivity index (χ3v) is 2.22. The number of carbonyl (C=O) groups is 1. The van der Waals surface area contributed by atoms with Crippen molar-refractivity contribution in [1.29, 1.82) is 5.26 Å². The van der Waals surface area contributed by atoms with Gasteiger partial charge in [0, 0.05) is 12.1 Å². The Morgan fingerprint density at radius 3 is 2.81 bits per heavy atom. The summed E-state index contributed by atoms with van der Waals surface area (Å²) >= 11 is 0. The van der Waals surface area contributed by atoms with Crippen LogP contribution in [-0.4, -0.2) is 13.1 Å². The van der Waals surface area contributed by atoms with E-state index in [0.29, 0.717) is 16.7 Å². The third-order valence-electron chi connectivity index (χ3n) is 2.22. The molecule has 0 saturated heterocycles. The van der Waals surface area contributed by atoms with Crippen LogP contribution in [0.15, 0.2) is 24.8 Å². The fourth-order valence-corrected chi connectivity index (χ4v) is 1.45. The molecule has 1 aromatic carbocycles. The molecular formula is C12H12N2O2. The minimum absolute atomic E-state index is 0.153. The molecule has 0 bridgehead atoms. The molecule has 0 aliphatic rings. The number of hydrogen-bond donors (Lipinski definition) is 1. The Morgan fingerprint density at radius 1 is 1.62 bits per heavy atom. The summed E-state index contributed by atoms with van der Waals surface area (Å²) in [6, 6.07) is 7.09. The van der Waals surface area contributed by atoms with Crippen LogP contribution >= 0.6 is 0 Å². The second-order valence-electron chi connectivity index (χ2n) is 3.13. The van der Waals surface area contributed by atoms with Gasteiger partial charge in [0.05, 0.1) is 24.3 Å². The summed E-state index contributed by atoms with van der Waals surface area (Å²) in [5.74, 6) is -0.558.